The minimum atomic E-state index is 0.0678. The second-order valence-corrected chi connectivity index (χ2v) is 5.87. The number of amides is 1. The molecule has 0 fully saturated rings. The third-order valence-corrected chi connectivity index (χ3v) is 4.44. The maximum Gasteiger partial charge on any atom is 0.227 e. The first kappa shape index (κ1) is 15.6. The van der Waals surface area contributed by atoms with Gasteiger partial charge in [0.1, 0.15) is 11.6 Å². The van der Waals surface area contributed by atoms with Crippen molar-refractivity contribution in [3.8, 4) is 5.75 Å². The van der Waals surface area contributed by atoms with Crippen LogP contribution in [0.2, 0.25) is 0 Å². The van der Waals surface area contributed by atoms with Crippen molar-refractivity contribution < 1.29 is 9.53 Å². The number of methoxy groups -OCH3 is 1. The standard InChI is InChI=1S/C18H23N3O2/c1-3-16-18-19-9-12-20(18)10-4-11-21(16)17(22)13-14-5-7-15(23-2)8-6-14/h5-9,12,16H,3-4,10-11,13H2,1-2H3. The highest BCUT2D eigenvalue weighted by atomic mass is 16.5. The maximum atomic E-state index is 12.8. The third kappa shape index (κ3) is 3.23. The van der Waals surface area contributed by atoms with Gasteiger partial charge in [-0.05, 0) is 30.5 Å². The van der Waals surface area contributed by atoms with Crippen molar-refractivity contribution in [2.24, 2.45) is 0 Å². The molecule has 2 aromatic rings. The van der Waals surface area contributed by atoms with E-state index in [1.807, 2.05) is 41.6 Å². The molecule has 0 bridgehead atoms. The number of imidazole rings is 1. The van der Waals surface area contributed by atoms with Gasteiger partial charge in [-0.2, -0.15) is 0 Å². The molecule has 5 heteroatoms. The topological polar surface area (TPSA) is 47.4 Å². The lowest BCUT2D eigenvalue weighted by Gasteiger charge is -2.28. The molecule has 0 spiro atoms. The lowest BCUT2D eigenvalue weighted by Crippen LogP contribution is -2.36. The van der Waals surface area contributed by atoms with Crippen LogP contribution < -0.4 is 4.74 Å². The Morgan fingerprint density at radius 1 is 1.30 bits per heavy atom. The minimum absolute atomic E-state index is 0.0678. The molecule has 0 aliphatic carbocycles. The van der Waals surface area contributed by atoms with Crippen LogP contribution in [-0.4, -0.2) is 34.0 Å². The number of ether oxygens (including phenoxy) is 1. The number of aromatic nitrogens is 2. The fourth-order valence-electron chi connectivity index (χ4n) is 3.23. The van der Waals surface area contributed by atoms with Crippen LogP contribution in [0.1, 0.15) is 37.2 Å². The van der Waals surface area contributed by atoms with Crippen molar-refractivity contribution >= 4 is 5.91 Å². The summed E-state index contributed by atoms with van der Waals surface area (Å²) >= 11 is 0. The van der Waals surface area contributed by atoms with Crippen LogP contribution in [0.3, 0.4) is 0 Å². The molecule has 1 aromatic heterocycles. The Bertz CT molecular complexity index is 663. The second-order valence-electron chi connectivity index (χ2n) is 5.87. The lowest BCUT2D eigenvalue weighted by atomic mass is 10.1. The van der Waals surface area contributed by atoms with E-state index in [1.165, 1.54) is 0 Å². The number of carbonyl (C=O) groups excluding carboxylic acids is 1. The molecule has 1 aliphatic heterocycles. The average molecular weight is 313 g/mol. The first-order chi connectivity index (χ1) is 11.2. The number of nitrogens with zero attached hydrogens (tertiary/aromatic N) is 3. The van der Waals surface area contributed by atoms with Gasteiger partial charge in [-0.3, -0.25) is 4.79 Å². The molecular weight excluding hydrogens is 290 g/mol. The Hall–Kier alpha value is -2.30. The number of fused-ring (bicyclic) bond motifs is 1. The molecule has 23 heavy (non-hydrogen) atoms. The van der Waals surface area contributed by atoms with Crippen molar-refractivity contribution in [3.63, 3.8) is 0 Å². The fourth-order valence-corrected chi connectivity index (χ4v) is 3.23. The van der Waals surface area contributed by atoms with Gasteiger partial charge in [0.15, 0.2) is 0 Å². The Labute approximate surface area is 136 Å². The number of aryl methyl sites for hydroxylation is 1. The smallest absolute Gasteiger partial charge is 0.227 e. The van der Waals surface area contributed by atoms with E-state index in [1.54, 1.807) is 7.11 Å². The maximum absolute atomic E-state index is 12.8. The number of hydrogen-bond acceptors (Lipinski definition) is 3. The monoisotopic (exact) mass is 313 g/mol. The van der Waals surface area contributed by atoms with Gasteiger partial charge in [0.05, 0.1) is 19.6 Å². The largest absolute Gasteiger partial charge is 0.497 e. The van der Waals surface area contributed by atoms with Crippen LogP contribution in [0, 0.1) is 0 Å². The van der Waals surface area contributed by atoms with Gasteiger partial charge in [0.2, 0.25) is 5.91 Å². The fraction of sp³-hybridized carbons (Fsp3) is 0.444. The Morgan fingerprint density at radius 2 is 2.09 bits per heavy atom. The van der Waals surface area contributed by atoms with Gasteiger partial charge in [-0.15, -0.1) is 0 Å². The number of rotatable bonds is 4. The zero-order valence-corrected chi connectivity index (χ0v) is 13.7. The Kier molecular flexibility index (Phi) is 4.65. The number of benzene rings is 1. The lowest BCUT2D eigenvalue weighted by molar-refractivity contribution is -0.133. The third-order valence-electron chi connectivity index (χ3n) is 4.44. The number of carbonyl (C=O) groups is 1. The minimum Gasteiger partial charge on any atom is -0.497 e. The summed E-state index contributed by atoms with van der Waals surface area (Å²) in [6.45, 7) is 3.83. The SMILES string of the molecule is CCC1c2nccn2CCCN1C(=O)Cc1ccc(OC)cc1. The van der Waals surface area contributed by atoms with Gasteiger partial charge in [-0.25, -0.2) is 4.98 Å². The molecule has 0 saturated heterocycles. The first-order valence-electron chi connectivity index (χ1n) is 8.16. The normalized spacial score (nSPS) is 17.5. The molecule has 0 radical (unpaired) electrons. The van der Waals surface area contributed by atoms with E-state index < -0.39 is 0 Å². The molecule has 1 aromatic carbocycles. The van der Waals surface area contributed by atoms with Crippen LogP contribution in [0.15, 0.2) is 36.7 Å². The highest BCUT2D eigenvalue weighted by Crippen LogP contribution is 2.27. The molecular formula is C18H23N3O2. The zero-order valence-electron chi connectivity index (χ0n) is 13.7. The molecule has 3 rings (SSSR count). The molecule has 122 valence electrons. The highest BCUT2D eigenvalue weighted by molar-refractivity contribution is 5.79. The van der Waals surface area contributed by atoms with Crippen molar-refractivity contribution in [3.05, 3.63) is 48.0 Å². The summed E-state index contributed by atoms with van der Waals surface area (Å²) < 4.78 is 7.34. The van der Waals surface area contributed by atoms with Crippen molar-refractivity contribution in [2.45, 2.75) is 38.8 Å². The van der Waals surface area contributed by atoms with Crippen LogP contribution in [-0.2, 0) is 17.8 Å². The highest BCUT2D eigenvalue weighted by Gasteiger charge is 2.29. The molecule has 5 nitrogen and oxygen atoms in total. The van der Waals surface area contributed by atoms with E-state index in [4.69, 9.17) is 4.74 Å². The number of hydrogen-bond donors (Lipinski definition) is 0. The van der Waals surface area contributed by atoms with E-state index in [2.05, 4.69) is 16.5 Å². The van der Waals surface area contributed by atoms with E-state index in [0.29, 0.717) is 6.42 Å². The Balaban J connectivity index is 1.77. The summed E-state index contributed by atoms with van der Waals surface area (Å²) in [7, 11) is 1.64. The molecule has 1 aliphatic rings. The predicted octanol–water partition coefficient (Wildman–Crippen LogP) is 2.82. The summed E-state index contributed by atoms with van der Waals surface area (Å²) in [6.07, 6.45) is 6.10. The second kappa shape index (κ2) is 6.86. The molecule has 0 saturated carbocycles. The average Bonchev–Trinajstić information content (AvgIpc) is 2.96. The summed E-state index contributed by atoms with van der Waals surface area (Å²) in [4.78, 5) is 19.3. The molecule has 0 N–H and O–H groups in total. The van der Waals surface area contributed by atoms with Crippen molar-refractivity contribution in [1.29, 1.82) is 0 Å². The summed E-state index contributed by atoms with van der Waals surface area (Å²) in [5.74, 6) is 1.98. The van der Waals surface area contributed by atoms with Gasteiger partial charge in [0.25, 0.3) is 0 Å². The van der Waals surface area contributed by atoms with Crippen LogP contribution in [0.4, 0.5) is 0 Å². The Morgan fingerprint density at radius 3 is 2.78 bits per heavy atom. The summed E-state index contributed by atoms with van der Waals surface area (Å²) in [5, 5.41) is 0. The zero-order chi connectivity index (χ0) is 16.2. The van der Waals surface area contributed by atoms with Gasteiger partial charge < -0.3 is 14.2 Å². The first-order valence-corrected chi connectivity index (χ1v) is 8.16. The van der Waals surface area contributed by atoms with Crippen molar-refractivity contribution in [1.82, 2.24) is 14.5 Å². The molecule has 2 heterocycles. The molecule has 1 amide bonds. The van der Waals surface area contributed by atoms with E-state index in [-0.39, 0.29) is 11.9 Å². The van der Waals surface area contributed by atoms with Gasteiger partial charge >= 0.3 is 0 Å². The van der Waals surface area contributed by atoms with E-state index in [9.17, 15) is 4.79 Å². The van der Waals surface area contributed by atoms with Crippen LogP contribution in [0.25, 0.3) is 0 Å². The van der Waals surface area contributed by atoms with Gasteiger partial charge in [-0.1, -0.05) is 19.1 Å². The predicted molar refractivity (Wildman–Crippen MR) is 88.3 cm³/mol. The van der Waals surface area contributed by atoms with E-state index in [0.717, 1.165) is 43.1 Å². The molecule has 1 atom stereocenters. The summed E-state index contributed by atoms with van der Waals surface area (Å²) in [5.41, 5.74) is 1.01. The quantitative estimate of drug-likeness (QED) is 0.872. The van der Waals surface area contributed by atoms with Gasteiger partial charge in [0, 0.05) is 25.5 Å². The summed E-state index contributed by atoms with van der Waals surface area (Å²) in [6, 6.07) is 7.77. The van der Waals surface area contributed by atoms with Crippen LogP contribution in [0.5, 0.6) is 5.75 Å². The van der Waals surface area contributed by atoms with Crippen molar-refractivity contribution in [2.75, 3.05) is 13.7 Å². The van der Waals surface area contributed by atoms with Crippen LogP contribution >= 0.6 is 0 Å². The van der Waals surface area contributed by atoms with E-state index >= 15 is 0 Å². The molecule has 1 unspecified atom stereocenters.